The molecule has 0 radical (unpaired) electrons. The van der Waals surface area contributed by atoms with Crippen molar-refractivity contribution < 1.29 is 14.6 Å². The third-order valence-electron chi connectivity index (χ3n) is 1.33. The first kappa shape index (κ1) is 12.9. The van der Waals surface area contributed by atoms with Crippen LogP contribution in [0.5, 0.6) is 0 Å². The molecule has 0 aromatic rings. The highest BCUT2D eigenvalue weighted by Gasteiger charge is 2.15. The SMILES string of the molecule is C=CCOCC(C)OC(Cl)C(C)O. The van der Waals surface area contributed by atoms with Crippen molar-refractivity contribution in [2.24, 2.45) is 0 Å². The van der Waals surface area contributed by atoms with E-state index in [1.165, 1.54) is 0 Å². The zero-order valence-corrected chi connectivity index (χ0v) is 8.83. The molecular formula is C9H17ClO3. The maximum absolute atomic E-state index is 9.03. The van der Waals surface area contributed by atoms with Crippen LogP contribution in [0.25, 0.3) is 0 Å². The summed E-state index contributed by atoms with van der Waals surface area (Å²) in [6, 6.07) is 0. The van der Waals surface area contributed by atoms with Gasteiger partial charge in [-0.25, -0.2) is 0 Å². The molecule has 0 aliphatic carbocycles. The Kier molecular flexibility index (Phi) is 7.28. The van der Waals surface area contributed by atoms with Gasteiger partial charge in [-0.2, -0.15) is 0 Å². The van der Waals surface area contributed by atoms with E-state index in [2.05, 4.69) is 6.58 Å². The Bertz CT molecular complexity index is 139. The molecule has 0 saturated heterocycles. The molecule has 0 heterocycles. The average molecular weight is 209 g/mol. The van der Waals surface area contributed by atoms with Gasteiger partial charge in [0.15, 0.2) is 5.56 Å². The van der Waals surface area contributed by atoms with Gasteiger partial charge in [0.25, 0.3) is 0 Å². The Morgan fingerprint density at radius 2 is 2.15 bits per heavy atom. The van der Waals surface area contributed by atoms with E-state index in [-0.39, 0.29) is 6.10 Å². The average Bonchev–Trinajstić information content (AvgIpc) is 2.04. The summed E-state index contributed by atoms with van der Waals surface area (Å²) in [4.78, 5) is 0. The second kappa shape index (κ2) is 7.33. The van der Waals surface area contributed by atoms with Crippen LogP contribution in [0.15, 0.2) is 12.7 Å². The molecule has 0 spiro atoms. The van der Waals surface area contributed by atoms with Crippen molar-refractivity contribution in [2.75, 3.05) is 13.2 Å². The molecule has 0 fully saturated rings. The summed E-state index contributed by atoms with van der Waals surface area (Å²) in [5.41, 5.74) is -0.678. The van der Waals surface area contributed by atoms with Crippen molar-refractivity contribution in [2.45, 2.75) is 31.6 Å². The van der Waals surface area contributed by atoms with Gasteiger partial charge in [0.2, 0.25) is 0 Å². The summed E-state index contributed by atoms with van der Waals surface area (Å²) in [6.07, 6.45) is 0.861. The zero-order valence-electron chi connectivity index (χ0n) is 8.07. The maximum Gasteiger partial charge on any atom is 0.157 e. The minimum atomic E-state index is -0.678. The van der Waals surface area contributed by atoms with Crippen LogP contribution in [0.4, 0.5) is 0 Å². The lowest BCUT2D eigenvalue weighted by Crippen LogP contribution is -2.27. The van der Waals surface area contributed by atoms with E-state index in [9.17, 15) is 0 Å². The summed E-state index contributed by atoms with van der Waals surface area (Å²) in [5.74, 6) is 0. The van der Waals surface area contributed by atoms with Crippen molar-refractivity contribution in [3.63, 3.8) is 0 Å². The number of hydrogen-bond acceptors (Lipinski definition) is 3. The van der Waals surface area contributed by atoms with Crippen molar-refractivity contribution in [1.82, 2.24) is 0 Å². The number of hydrogen-bond donors (Lipinski definition) is 1. The highest BCUT2D eigenvalue weighted by molar-refractivity contribution is 6.20. The molecular weight excluding hydrogens is 192 g/mol. The quantitative estimate of drug-likeness (QED) is 0.392. The molecule has 3 unspecified atom stereocenters. The lowest BCUT2D eigenvalue weighted by atomic mass is 10.4. The molecule has 0 amide bonds. The highest BCUT2D eigenvalue weighted by atomic mass is 35.5. The van der Waals surface area contributed by atoms with Crippen LogP contribution in [0, 0.1) is 0 Å². The van der Waals surface area contributed by atoms with E-state index in [4.69, 9.17) is 26.2 Å². The Morgan fingerprint density at radius 1 is 1.54 bits per heavy atom. The predicted octanol–water partition coefficient (Wildman–Crippen LogP) is 1.54. The number of ether oxygens (including phenoxy) is 2. The maximum atomic E-state index is 9.03. The normalized spacial score (nSPS) is 17.8. The second-order valence-corrected chi connectivity index (χ2v) is 3.29. The second-order valence-electron chi connectivity index (χ2n) is 2.86. The number of halogens is 1. The van der Waals surface area contributed by atoms with E-state index >= 15 is 0 Å². The molecule has 0 saturated carbocycles. The molecule has 0 bridgehead atoms. The third kappa shape index (κ3) is 7.02. The summed E-state index contributed by atoms with van der Waals surface area (Å²) >= 11 is 5.68. The van der Waals surface area contributed by atoms with Crippen molar-refractivity contribution >= 4 is 11.6 Å². The van der Waals surface area contributed by atoms with Crippen molar-refractivity contribution in [3.8, 4) is 0 Å². The summed E-state index contributed by atoms with van der Waals surface area (Å²) < 4.78 is 10.4. The van der Waals surface area contributed by atoms with Crippen LogP contribution in [0.1, 0.15) is 13.8 Å². The number of aliphatic hydroxyl groups is 1. The van der Waals surface area contributed by atoms with Crippen LogP contribution in [0.3, 0.4) is 0 Å². The van der Waals surface area contributed by atoms with Crippen LogP contribution >= 0.6 is 11.6 Å². The summed E-state index contributed by atoms with van der Waals surface area (Å²) in [7, 11) is 0. The van der Waals surface area contributed by atoms with Crippen molar-refractivity contribution in [1.29, 1.82) is 0 Å². The first-order valence-corrected chi connectivity index (χ1v) is 4.67. The van der Waals surface area contributed by atoms with Gasteiger partial charge in [0.1, 0.15) is 0 Å². The highest BCUT2D eigenvalue weighted by Crippen LogP contribution is 2.07. The van der Waals surface area contributed by atoms with Gasteiger partial charge in [0, 0.05) is 0 Å². The van der Waals surface area contributed by atoms with Gasteiger partial charge in [-0.3, -0.25) is 0 Å². The molecule has 0 aliphatic rings. The first-order valence-electron chi connectivity index (χ1n) is 4.24. The Balaban J connectivity index is 3.49. The molecule has 4 heteroatoms. The molecule has 0 aromatic heterocycles. The molecule has 0 rings (SSSR count). The molecule has 3 atom stereocenters. The molecule has 3 nitrogen and oxygen atoms in total. The number of alkyl halides is 1. The standard InChI is InChI=1S/C9H17ClO3/c1-4-5-12-6-7(2)13-9(10)8(3)11/h4,7-9,11H,1,5-6H2,2-3H3. The monoisotopic (exact) mass is 208 g/mol. The summed E-state index contributed by atoms with van der Waals surface area (Å²) in [5, 5.41) is 9.03. The van der Waals surface area contributed by atoms with Gasteiger partial charge in [0.05, 0.1) is 25.4 Å². The molecule has 0 aliphatic heterocycles. The Hall–Kier alpha value is -0.0900. The largest absolute Gasteiger partial charge is 0.389 e. The predicted molar refractivity (Wildman–Crippen MR) is 52.9 cm³/mol. The van der Waals surface area contributed by atoms with E-state index in [1.807, 2.05) is 6.92 Å². The minimum Gasteiger partial charge on any atom is -0.389 e. The molecule has 78 valence electrons. The topological polar surface area (TPSA) is 38.7 Å². The fourth-order valence-electron chi connectivity index (χ4n) is 0.692. The first-order chi connectivity index (χ1) is 6.07. The van der Waals surface area contributed by atoms with Gasteiger partial charge in [-0.1, -0.05) is 17.7 Å². The number of rotatable bonds is 7. The van der Waals surface area contributed by atoms with Gasteiger partial charge >= 0.3 is 0 Å². The van der Waals surface area contributed by atoms with Gasteiger partial charge in [-0.05, 0) is 13.8 Å². The molecule has 1 N–H and O–H groups in total. The third-order valence-corrected chi connectivity index (χ3v) is 1.80. The lowest BCUT2D eigenvalue weighted by molar-refractivity contribution is -0.0518. The van der Waals surface area contributed by atoms with Gasteiger partial charge in [-0.15, -0.1) is 6.58 Å². The van der Waals surface area contributed by atoms with E-state index in [0.717, 1.165) is 0 Å². The van der Waals surface area contributed by atoms with E-state index < -0.39 is 11.7 Å². The van der Waals surface area contributed by atoms with Crippen LogP contribution in [0.2, 0.25) is 0 Å². The van der Waals surface area contributed by atoms with Crippen LogP contribution in [-0.4, -0.2) is 36.1 Å². The minimum absolute atomic E-state index is 0.128. The zero-order chi connectivity index (χ0) is 10.3. The van der Waals surface area contributed by atoms with Crippen molar-refractivity contribution in [3.05, 3.63) is 12.7 Å². The molecule has 13 heavy (non-hydrogen) atoms. The van der Waals surface area contributed by atoms with Gasteiger partial charge < -0.3 is 14.6 Å². The Morgan fingerprint density at radius 3 is 2.62 bits per heavy atom. The van der Waals surface area contributed by atoms with E-state index in [1.54, 1.807) is 13.0 Å². The lowest BCUT2D eigenvalue weighted by Gasteiger charge is -2.19. The Labute approximate surface area is 84.3 Å². The molecule has 0 aromatic carbocycles. The van der Waals surface area contributed by atoms with Crippen LogP contribution < -0.4 is 0 Å². The smallest absolute Gasteiger partial charge is 0.157 e. The summed E-state index contributed by atoms with van der Waals surface area (Å²) in [6.45, 7) is 7.87. The van der Waals surface area contributed by atoms with Crippen LogP contribution in [-0.2, 0) is 9.47 Å². The van der Waals surface area contributed by atoms with E-state index in [0.29, 0.717) is 13.2 Å². The fourth-order valence-corrected chi connectivity index (χ4v) is 0.868. The number of aliphatic hydroxyl groups excluding tert-OH is 1. The fraction of sp³-hybridized carbons (Fsp3) is 0.778.